The third kappa shape index (κ3) is 4.18. The number of aromatic carboxylic acids is 1. The fourth-order valence-electron chi connectivity index (χ4n) is 1.50. The quantitative estimate of drug-likeness (QED) is 0.545. The normalized spacial score (nSPS) is 9.56. The van der Waals surface area contributed by atoms with E-state index >= 15 is 0 Å². The van der Waals surface area contributed by atoms with Crippen LogP contribution in [-0.4, -0.2) is 5.97 Å². The van der Waals surface area contributed by atoms with Gasteiger partial charge in [0, 0.05) is 16.2 Å². The molecule has 0 aliphatic carbocycles. The molecule has 18 heavy (non-hydrogen) atoms. The van der Waals surface area contributed by atoms with Crippen molar-refractivity contribution in [3.8, 4) is 0 Å². The second-order valence-corrected chi connectivity index (χ2v) is 4.58. The Labute approximate surface area is 133 Å². The third-order valence-electron chi connectivity index (χ3n) is 2.34. The first-order valence-electron chi connectivity index (χ1n) is 5.24. The third-order valence-corrected chi connectivity index (χ3v) is 3.49. The summed E-state index contributed by atoms with van der Waals surface area (Å²) in [6, 6.07) is 16.9. The Morgan fingerprint density at radius 1 is 1.00 bits per heavy atom. The standard InChI is InChI=1S/C14H12O2S.Na/c15-14(16)12-8-4-5-9-13(12)17-10-11-6-2-1-3-7-11;/h1-9H,10H2,(H,15,16);/q;+1/p-1. The summed E-state index contributed by atoms with van der Waals surface area (Å²) < 4.78 is 0. The van der Waals surface area contributed by atoms with Gasteiger partial charge in [0.05, 0.1) is 5.97 Å². The monoisotopic (exact) mass is 266 g/mol. The van der Waals surface area contributed by atoms with Crippen LogP contribution in [0.3, 0.4) is 0 Å². The number of hydrogen-bond acceptors (Lipinski definition) is 3. The Balaban J connectivity index is 0.00000162. The van der Waals surface area contributed by atoms with E-state index < -0.39 is 5.97 Å². The van der Waals surface area contributed by atoms with Gasteiger partial charge in [0.1, 0.15) is 0 Å². The molecule has 0 aliphatic rings. The summed E-state index contributed by atoms with van der Waals surface area (Å²) in [6.07, 6.45) is 0. The molecule has 0 heterocycles. The second-order valence-electron chi connectivity index (χ2n) is 3.56. The van der Waals surface area contributed by atoms with Crippen LogP contribution in [0.15, 0.2) is 59.5 Å². The molecule has 2 aromatic carbocycles. The number of hydrogen-bond donors (Lipinski definition) is 0. The van der Waals surface area contributed by atoms with Crippen LogP contribution in [0.2, 0.25) is 0 Å². The van der Waals surface area contributed by atoms with Gasteiger partial charge in [0.2, 0.25) is 0 Å². The SMILES string of the molecule is O=C([O-])c1ccccc1SCc1ccccc1.[Na+]. The van der Waals surface area contributed by atoms with Crippen LogP contribution in [0.5, 0.6) is 0 Å². The summed E-state index contributed by atoms with van der Waals surface area (Å²) >= 11 is 1.51. The van der Waals surface area contributed by atoms with E-state index in [0.29, 0.717) is 0 Å². The molecule has 2 rings (SSSR count). The summed E-state index contributed by atoms with van der Waals surface area (Å²) in [5.74, 6) is -0.369. The number of carbonyl (C=O) groups excluding carboxylic acids is 1. The maximum absolute atomic E-state index is 10.9. The number of carboxylic acid groups (broad SMARTS) is 1. The minimum Gasteiger partial charge on any atom is -0.545 e. The summed E-state index contributed by atoms with van der Waals surface area (Å²) in [5, 5.41) is 10.9. The molecule has 2 aromatic rings. The van der Waals surface area contributed by atoms with Gasteiger partial charge < -0.3 is 9.90 Å². The summed E-state index contributed by atoms with van der Waals surface area (Å²) in [7, 11) is 0. The predicted octanol–water partition coefficient (Wildman–Crippen LogP) is -0.654. The van der Waals surface area contributed by atoms with Gasteiger partial charge in [-0.3, -0.25) is 0 Å². The molecule has 4 heteroatoms. The number of thioether (sulfide) groups is 1. The zero-order valence-corrected chi connectivity index (χ0v) is 12.9. The van der Waals surface area contributed by atoms with E-state index in [2.05, 4.69) is 0 Å². The van der Waals surface area contributed by atoms with E-state index in [1.54, 1.807) is 18.2 Å². The molecule has 0 aliphatic heterocycles. The molecule has 0 fully saturated rings. The van der Waals surface area contributed by atoms with Crippen molar-refractivity contribution in [2.24, 2.45) is 0 Å². The van der Waals surface area contributed by atoms with Crippen LogP contribution in [-0.2, 0) is 5.75 Å². The van der Waals surface area contributed by atoms with E-state index in [-0.39, 0.29) is 35.1 Å². The zero-order valence-electron chi connectivity index (χ0n) is 10.1. The van der Waals surface area contributed by atoms with Crippen molar-refractivity contribution in [2.75, 3.05) is 0 Å². The number of carboxylic acids is 1. The van der Waals surface area contributed by atoms with E-state index in [1.165, 1.54) is 17.3 Å². The molecule has 0 aromatic heterocycles. The minimum absolute atomic E-state index is 0. The number of carbonyl (C=O) groups is 1. The number of rotatable bonds is 4. The molecule has 0 amide bonds. The second kappa shape index (κ2) is 7.64. The smallest absolute Gasteiger partial charge is 0.545 e. The van der Waals surface area contributed by atoms with Crippen LogP contribution in [0, 0.1) is 0 Å². The fourth-order valence-corrected chi connectivity index (χ4v) is 2.49. The average molecular weight is 266 g/mol. The summed E-state index contributed by atoms with van der Waals surface area (Å²) in [4.78, 5) is 11.7. The molecule has 86 valence electrons. The Bertz CT molecular complexity index is 514. The van der Waals surface area contributed by atoms with Gasteiger partial charge in [0.25, 0.3) is 0 Å². The van der Waals surface area contributed by atoms with Gasteiger partial charge in [-0.25, -0.2) is 0 Å². The molecule has 0 atom stereocenters. The van der Waals surface area contributed by atoms with Gasteiger partial charge in [-0.2, -0.15) is 0 Å². The van der Waals surface area contributed by atoms with Crippen LogP contribution >= 0.6 is 11.8 Å². The average Bonchev–Trinajstić information content (AvgIpc) is 2.38. The summed E-state index contributed by atoms with van der Waals surface area (Å²) in [5.41, 5.74) is 1.43. The van der Waals surface area contributed by atoms with Crippen LogP contribution < -0.4 is 34.7 Å². The first-order valence-corrected chi connectivity index (χ1v) is 6.23. The van der Waals surface area contributed by atoms with Crippen molar-refractivity contribution >= 4 is 17.7 Å². The largest absolute Gasteiger partial charge is 1.00 e. The van der Waals surface area contributed by atoms with Gasteiger partial charge in [-0.1, -0.05) is 48.5 Å². The molecule has 0 saturated heterocycles. The van der Waals surface area contributed by atoms with E-state index in [0.717, 1.165) is 10.6 Å². The molecule has 0 radical (unpaired) electrons. The van der Waals surface area contributed by atoms with Crippen molar-refractivity contribution < 1.29 is 39.5 Å². The van der Waals surface area contributed by atoms with Gasteiger partial charge >= 0.3 is 29.6 Å². The Morgan fingerprint density at radius 2 is 1.61 bits per heavy atom. The van der Waals surface area contributed by atoms with E-state index in [9.17, 15) is 9.90 Å². The van der Waals surface area contributed by atoms with Crippen molar-refractivity contribution in [3.63, 3.8) is 0 Å². The van der Waals surface area contributed by atoms with Gasteiger partial charge in [0.15, 0.2) is 0 Å². The zero-order chi connectivity index (χ0) is 12.1. The van der Waals surface area contributed by atoms with Crippen molar-refractivity contribution in [1.82, 2.24) is 0 Å². The van der Waals surface area contributed by atoms with Crippen molar-refractivity contribution in [3.05, 3.63) is 65.7 Å². The topological polar surface area (TPSA) is 40.1 Å². The minimum atomic E-state index is -1.12. The Kier molecular flexibility index (Phi) is 6.50. The molecule has 0 spiro atoms. The first-order chi connectivity index (χ1) is 8.27. The molecular formula is C14H11NaO2S. The molecule has 0 bridgehead atoms. The van der Waals surface area contributed by atoms with E-state index in [4.69, 9.17) is 0 Å². The predicted molar refractivity (Wildman–Crippen MR) is 66.8 cm³/mol. The molecule has 0 saturated carbocycles. The molecule has 0 unspecified atom stereocenters. The van der Waals surface area contributed by atoms with E-state index in [1.807, 2.05) is 36.4 Å². The van der Waals surface area contributed by atoms with Crippen LogP contribution in [0.4, 0.5) is 0 Å². The Morgan fingerprint density at radius 3 is 2.28 bits per heavy atom. The fraction of sp³-hybridized carbons (Fsp3) is 0.0714. The van der Waals surface area contributed by atoms with Crippen molar-refractivity contribution in [1.29, 1.82) is 0 Å². The first kappa shape index (κ1) is 15.3. The number of benzene rings is 2. The van der Waals surface area contributed by atoms with Crippen molar-refractivity contribution in [2.45, 2.75) is 10.6 Å². The van der Waals surface area contributed by atoms with Crippen LogP contribution in [0.25, 0.3) is 0 Å². The van der Waals surface area contributed by atoms with Gasteiger partial charge in [-0.05, 0) is 11.6 Å². The van der Waals surface area contributed by atoms with Gasteiger partial charge in [-0.15, -0.1) is 11.8 Å². The maximum Gasteiger partial charge on any atom is 1.00 e. The summed E-state index contributed by atoms with van der Waals surface area (Å²) in [6.45, 7) is 0. The van der Waals surface area contributed by atoms with Crippen LogP contribution in [0.1, 0.15) is 15.9 Å². The molecule has 0 N–H and O–H groups in total. The molecule has 2 nitrogen and oxygen atoms in total. The molecular weight excluding hydrogens is 255 g/mol. The Hall–Kier alpha value is -0.740. The maximum atomic E-state index is 10.9.